The zero-order valence-electron chi connectivity index (χ0n) is 15.6. The van der Waals surface area contributed by atoms with Crippen LogP contribution in [0.25, 0.3) is 10.8 Å². The number of rotatable bonds is 4. The monoisotopic (exact) mass is 361 g/mol. The molecule has 5 heteroatoms. The summed E-state index contributed by atoms with van der Waals surface area (Å²) in [6.07, 6.45) is 5.74. The summed E-state index contributed by atoms with van der Waals surface area (Å²) in [4.78, 5) is 16.8. The van der Waals surface area contributed by atoms with Crippen molar-refractivity contribution in [1.82, 2.24) is 4.98 Å². The van der Waals surface area contributed by atoms with Crippen LogP contribution in [0, 0.1) is 28.6 Å². The number of nitrogens with one attached hydrogen (secondary N) is 1. The summed E-state index contributed by atoms with van der Waals surface area (Å²) in [5, 5.41) is 24.7. The van der Waals surface area contributed by atoms with Gasteiger partial charge in [0, 0.05) is 17.5 Å². The van der Waals surface area contributed by atoms with Crippen molar-refractivity contribution >= 4 is 22.5 Å². The summed E-state index contributed by atoms with van der Waals surface area (Å²) in [6.45, 7) is 3.49. The van der Waals surface area contributed by atoms with Gasteiger partial charge in [-0.25, -0.2) is 4.98 Å². The van der Waals surface area contributed by atoms with E-state index in [0.717, 1.165) is 35.6 Å². The number of aliphatic hydroxyl groups is 1. The van der Waals surface area contributed by atoms with Crippen LogP contribution in [-0.4, -0.2) is 21.6 Å². The second kappa shape index (κ2) is 5.08. The average molecular weight is 361 g/mol. The second-order valence-electron chi connectivity index (χ2n) is 9.20. The molecule has 1 amide bonds. The molecule has 0 saturated heterocycles. The van der Waals surface area contributed by atoms with Gasteiger partial charge < -0.3 is 10.4 Å². The van der Waals surface area contributed by atoms with Crippen molar-refractivity contribution in [2.75, 3.05) is 5.32 Å². The van der Waals surface area contributed by atoms with Crippen LogP contribution in [-0.2, 0) is 10.2 Å². The molecule has 5 rings (SSSR count). The first-order valence-corrected chi connectivity index (χ1v) is 9.63. The van der Waals surface area contributed by atoms with Crippen molar-refractivity contribution in [2.45, 2.75) is 50.5 Å². The molecule has 2 N–H and O–H groups in total. The molecule has 138 valence electrons. The molecule has 3 atom stereocenters. The molecule has 1 aromatic carbocycles. The molecule has 0 bridgehead atoms. The molecular formula is C22H23N3O2. The van der Waals surface area contributed by atoms with Gasteiger partial charge in [-0.15, -0.1) is 0 Å². The van der Waals surface area contributed by atoms with E-state index in [1.165, 1.54) is 0 Å². The van der Waals surface area contributed by atoms with Gasteiger partial charge in [0.2, 0.25) is 5.91 Å². The summed E-state index contributed by atoms with van der Waals surface area (Å²) in [5.74, 6) is 0.285. The Labute approximate surface area is 158 Å². The Morgan fingerprint density at radius 2 is 2.11 bits per heavy atom. The zero-order valence-corrected chi connectivity index (χ0v) is 15.6. The van der Waals surface area contributed by atoms with Crippen molar-refractivity contribution in [3.05, 3.63) is 36.0 Å². The number of amides is 1. The Bertz CT molecular complexity index is 1010. The number of hydrogen-bond acceptors (Lipinski definition) is 4. The third kappa shape index (κ3) is 2.47. The zero-order chi connectivity index (χ0) is 19.0. The smallest absolute Gasteiger partial charge is 0.229 e. The van der Waals surface area contributed by atoms with Gasteiger partial charge >= 0.3 is 0 Å². The molecule has 3 saturated carbocycles. The fourth-order valence-electron chi connectivity index (χ4n) is 4.81. The van der Waals surface area contributed by atoms with E-state index in [1.54, 1.807) is 20.0 Å². The minimum absolute atomic E-state index is 0.00430. The van der Waals surface area contributed by atoms with Crippen LogP contribution in [0.5, 0.6) is 0 Å². The minimum Gasteiger partial charge on any atom is -0.390 e. The lowest BCUT2D eigenvalue weighted by Gasteiger charge is -2.16. The number of pyridine rings is 1. The van der Waals surface area contributed by atoms with Crippen LogP contribution < -0.4 is 5.32 Å². The van der Waals surface area contributed by atoms with E-state index in [4.69, 9.17) is 0 Å². The number of anilines is 1. The summed E-state index contributed by atoms with van der Waals surface area (Å²) < 4.78 is 0. The predicted molar refractivity (Wildman–Crippen MR) is 102 cm³/mol. The number of fused-ring (bicyclic) bond motifs is 1. The predicted octanol–water partition coefficient (Wildman–Crippen LogP) is 3.53. The van der Waals surface area contributed by atoms with Crippen molar-refractivity contribution in [3.8, 4) is 6.07 Å². The summed E-state index contributed by atoms with van der Waals surface area (Å²) in [5.41, 5.74) is 0.171. The number of hydrogen-bond donors (Lipinski definition) is 2. The van der Waals surface area contributed by atoms with E-state index in [9.17, 15) is 15.2 Å². The maximum absolute atomic E-state index is 12.4. The van der Waals surface area contributed by atoms with Crippen LogP contribution in [0.15, 0.2) is 30.5 Å². The Hall–Kier alpha value is -2.45. The van der Waals surface area contributed by atoms with Crippen LogP contribution in [0.4, 0.5) is 5.82 Å². The van der Waals surface area contributed by atoms with Crippen LogP contribution in [0.1, 0.15) is 45.1 Å². The summed E-state index contributed by atoms with van der Waals surface area (Å²) >= 11 is 0. The molecule has 0 aliphatic heterocycles. The molecule has 0 radical (unpaired) electrons. The number of carbonyl (C=O) groups is 1. The molecule has 3 fully saturated rings. The lowest BCUT2D eigenvalue weighted by atomic mass is 9.92. The third-order valence-electron chi connectivity index (χ3n) is 6.93. The molecule has 3 aliphatic rings. The normalized spacial score (nSPS) is 30.0. The summed E-state index contributed by atoms with van der Waals surface area (Å²) in [6, 6.07) is 10.6. The highest BCUT2D eigenvalue weighted by Gasteiger charge is 2.75. The largest absolute Gasteiger partial charge is 0.390 e. The number of aromatic nitrogens is 1. The van der Waals surface area contributed by atoms with Crippen molar-refractivity contribution in [1.29, 1.82) is 5.26 Å². The van der Waals surface area contributed by atoms with Gasteiger partial charge in [0.05, 0.1) is 17.1 Å². The highest BCUT2D eigenvalue weighted by Crippen LogP contribution is 2.78. The molecule has 3 aliphatic carbocycles. The number of nitriles is 1. The fourth-order valence-corrected chi connectivity index (χ4v) is 4.81. The molecule has 2 aromatic rings. The number of benzene rings is 1. The summed E-state index contributed by atoms with van der Waals surface area (Å²) in [7, 11) is 0. The topological polar surface area (TPSA) is 86.0 Å². The maximum atomic E-state index is 12.4. The molecule has 0 unspecified atom stereocenters. The Morgan fingerprint density at radius 3 is 2.70 bits per heavy atom. The highest BCUT2D eigenvalue weighted by atomic mass is 16.3. The first kappa shape index (κ1) is 16.7. The van der Waals surface area contributed by atoms with Crippen LogP contribution >= 0.6 is 0 Å². The first-order chi connectivity index (χ1) is 12.8. The minimum atomic E-state index is -0.831. The average Bonchev–Trinajstić information content (AvgIpc) is 3.51. The van der Waals surface area contributed by atoms with E-state index < -0.39 is 5.60 Å². The van der Waals surface area contributed by atoms with Gasteiger partial charge in [-0.1, -0.05) is 12.1 Å². The van der Waals surface area contributed by atoms with Gasteiger partial charge in [0.15, 0.2) is 0 Å². The Kier molecular flexibility index (Phi) is 3.14. The Balaban J connectivity index is 1.39. The van der Waals surface area contributed by atoms with E-state index in [0.29, 0.717) is 12.2 Å². The molecule has 1 aromatic heterocycles. The van der Waals surface area contributed by atoms with E-state index in [1.807, 2.05) is 12.1 Å². The van der Waals surface area contributed by atoms with Crippen molar-refractivity contribution in [2.24, 2.45) is 17.3 Å². The quantitative estimate of drug-likeness (QED) is 0.872. The van der Waals surface area contributed by atoms with Gasteiger partial charge in [0.1, 0.15) is 5.82 Å². The molecular weight excluding hydrogens is 338 g/mol. The molecule has 1 heterocycles. The lowest BCUT2D eigenvalue weighted by Crippen LogP contribution is -2.26. The fraction of sp³-hybridized carbons (Fsp3) is 0.500. The number of carbonyl (C=O) groups excluding carboxylic acids is 1. The van der Waals surface area contributed by atoms with Crippen LogP contribution in [0.3, 0.4) is 0 Å². The number of nitrogens with zero attached hydrogens (tertiary/aromatic N) is 2. The SMILES string of the molecule is CC(C)(O)[C@H]1C[C@@H]1C(=O)Nc1cc2cc([C@@]3(C#N)CC34CC4)ccc2cn1. The van der Waals surface area contributed by atoms with E-state index in [2.05, 4.69) is 28.5 Å². The molecule has 5 nitrogen and oxygen atoms in total. The first-order valence-electron chi connectivity index (χ1n) is 9.63. The van der Waals surface area contributed by atoms with Crippen molar-refractivity contribution < 1.29 is 9.90 Å². The third-order valence-corrected chi connectivity index (χ3v) is 6.93. The van der Waals surface area contributed by atoms with Gasteiger partial charge in [0.25, 0.3) is 0 Å². The van der Waals surface area contributed by atoms with Gasteiger partial charge in [-0.05, 0) is 73.9 Å². The second-order valence-corrected chi connectivity index (χ2v) is 9.20. The standard InChI is InChI=1S/C22H23N3O2/c1-20(2,27)17-9-16(17)19(26)25-18-8-14-7-15(4-3-13(14)10-24-18)22(12-23)11-21(22)5-6-21/h3-4,7-8,10,16-17,27H,5-6,9,11H2,1-2H3,(H,24,25,26)/t16-,17-,22-/m0/s1. The lowest BCUT2D eigenvalue weighted by molar-refractivity contribution is -0.118. The van der Waals surface area contributed by atoms with E-state index in [-0.39, 0.29) is 28.6 Å². The van der Waals surface area contributed by atoms with Crippen molar-refractivity contribution in [3.63, 3.8) is 0 Å². The molecule has 1 spiro atoms. The van der Waals surface area contributed by atoms with Gasteiger partial charge in [-0.3, -0.25) is 4.79 Å². The maximum Gasteiger partial charge on any atom is 0.229 e. The van der Waals surface area contributed by atoms with Gasteiger partial charge in [-0.2, -0.15) is 5.26 Å². The molecule has 27 heavy (non-hydrogen) atoms. The van der Waals surface area contributed by atoms with E-state index >= 15 is 0 Å². The highest BCUT2D eigenvalue weighted by molar-refractivity contribution is 5.96. The Morgan fingerprint density at radius 1 is 1.33 bits per heavy atom. The van der Waals surface area contributed by atoms with Crippen LogP contribution in [0.2, 0.25) is 0 Å².